The van der Waals surface area contributed by atoms with Gasteiger partial charge in [0, 0.05) is 32.2 Å². The van der Waals surface area contributed by atoms with Crippen molar-refractivity contribution in [2.45, 2.75) is 32.4 Å². The number of fused-ring (bicyclic) bond motifs is 1. The van der Waals surface area contributed by atoms with Crippen LogP contribution < -0.4 is 15.8 Å². The van der Waals surface area contributed by atoms with Crippen molar-refractivity contribution in [3.63, 3.8) is 0 Å². The highest BCUT2D eigenvalue weighted by molar-refractivity contribution is 5.76. The summed E-state index contributed by atoms with van der Waals surface area (Å²) < 4.78 is 2.99. The van der Waals surface area contributed by atoms with E-state index in [2.05, 4.69) is 34.3 Å². The molecule has 3 heterocycles. The van der Waals surface area contributed by atoms with Crippen LogP contribution in [-0.4, -0.2) is 39.4 Å². The molecule has 2 aromatic heterocycles. The van der Waals surface area contributed by atoms with Crippen LogP contribution in [-0.2, 0) is 13.5 Å². The first-order valence-electron chi connectivity index (χ1n) is 7.86. The Bertz CT molecular complexity index is 927. The van der Waals surface area contributed by atoms with Gasteiger partial charge in [0.25, 0.3) is 5.56 Å². The minimum Gasteiger partial charge on any atom is -0.362 e. The Balaban J connectivity index is 2.32. The van der Waals surface area contributed by atoms with Gasteiger partial charge in [-0.1, -0.05) is 0 Å². The molecule has 1 saturated heterocycles. The highest BCUT2D eigenvalue weighted by atomic mass is 16.1. The summed E-state index contributed by atoms with van der Waals surface area (Å²) in [6.07, 6.45) is 1.84. The van der Waals surface area contributed by atoms with Gasteiger partial charge in [-0.25, -0.2) is 14.2 Å². The van der Waals surface area contributed by atoms with Crippen molar-refractivity contribution in [1.29, 1.82) is 10.5 Å². The predicted molar refractivity (Wildman–Crippen MR) is 88.7 cm³/mol. The number of anilines is 1. The SMILES string of the molecule is C[C@@H]1CN(c2c(C#N)c(=O)n(C)n3cc(CC#N)nc23)[C@@H](C)CN1. The van der Waals surface area contributed by atoms with Crippen molar-refractivity contribution in [2.24, 2.45) is 7.05 Å². The lowest BCUT2D eigenvalue weighted by atomic mass is 10.1. The van der Waals surface area contributed by atoms with Gasteiger partial charge < -0.3 is 10.2 Å². The lowest BCUT2D eigenvalue weighted by Gasteiger charge is -2.39. The van der Waals surface area contributed by atoms with Crippen LogP contribution in [0.25, 0.3) is 5.65 Å². The summed E-state index contributed by atoms with van der Waals surface area (Å²) in [5.74, 6) is 0. The summed E-state index contributed by atoms with van der Waals surface area (Å²) in [6.45, 7) is 5.56. The summed E-state index contributed by atoms with van der Waals surface area (Å²) in [7, 11) is 1.60. The molecule has 0 unspecified atom stereocenters. The zero-order valence-electron chi connectivity index (χ0n) is 13.9. The topological polar surface area (TPSA) is 102 Å². The van der Waals surface area contributed by atoms with Crippen LogP contribution in [0, 0.1) is 22.7 Å². The molecule has 0 amide bonds. The van der Waals surface area contributed by atoms with E-state index in [1.807, 2.05) is 6.92 Å². The van der Waals surface area contributed by atoms with Crippen LogP contribution in [0.5, 0.6) is 0 Å². The van der Waals surface area contributed by atoms with Crippen molar-refractivity contribution >= 4 is 11.3 Å². The minimum atomic E-state index is -0.362. The van der Waals surface area contributed by atoms with Crippen molar-refractivity contribution in [2.75, 3.05) is 18.0 Å². The highest BCUT2D eigenvalue weighted by Crippen LogP contribution is 2.27. The third kappa shape index (κ3) is 2.41. The molecule has 8 nitrogen and oxygen atoms in total. The van der Waals surface area contributed by atoms with Crippen molar-refractivity contribution in [3.8, 4) is 12.1 Å². The Labute approximate surface area is 139 Å². The first-order chi connectivity index (χ1) is 11.5. The monoisotopic (exact) mass is 325 g/mol. The lowest BCUT2D eigenvalue weighted by molar-refractivity contribution is 0.424. The van der Waals surface area contributed by atoms with Gasteiger partial charge >= 0.3 is 0 Å². The fourth-order valence-electron chi connectivity index (χ4n) is 3.15. The van der Waals surface area contributed by atoms with E-state index in [4.69, 9.17) is 5.26 Å². The quantitative estimate of drug-likeness (QED) is 0.844. The van der Waals surface area contributed by atoms with E-state index < -0.39 is 0 Å². The molecule has 2 atom stereocenters. The maximum atomic E-state index is 12.6. The first-order valence-corrected chi connectivity index (χ1v) is 7.86. The lowest BCUT2D eigenvalue weighted by Crippen LogP contribution is -2.55. The summed E-state index contributed by atoms with van der Waals surface area (Å²) in [4.78, 5) is 19.2. The van der Waals surface area contributed by atoms with Crippen LogP contribution in [0.2, 0.25) is 0 Å². The van der Waals surface area contributed by atoms with Crippen molar-refractivity contribution < 1.29 is 0 Å². The molecule has 1 aliphatic rings. The molecule has 2 aromatic rings. The second-order valence-electron chi connectivity index (χ2n) is 6.21. The molecule has 0 radical (unpaired) electrons. The van der Waals surface area contributed by atoms with Crippen molar-refractivity contribution in [3.05, 3.63) is 27.8 Å². The molecule has 8 heteroatoms. The summed E-state index contributed by atoms with van der Waals surface area (Å²) in [6, 6.07) is 4.49. The number of nitrogens with zero attached hydrogens (tertiary/aromatic N) is 6. The molecule has 1 N–H and O–H groups in total. The van der Waals surface area contributed by atoms with E-state index >= 15 is 0 Å². The second kappa shape index (κ2) is 5.99. The summed E-state index contributed by atoms with van der Waals surface area (Å²) >= 11 is 0. The number of aryl methyl sites for hydroxylation is 1. The standard InChI is InChI=1S/C16H19N7O/c1-10-8-22(11(2)7-19-10)14-13(6-18)16(24)21(3)23-9-12(4-5-17)20-15(14)23/h9-11,19H,4,7-8H2,1-3H3/t10-,11+/m1/s1. The maximum Gasteiger partial charge on any atom is 0.285 e. The van der Waals surface area contributed by atoms with E-state index in [0.717, 1.165) is 6.54 Å². The molecule has 0 aliphatic carbocycles. The number of rotatable bonds is 2. The van der Waals surface area contributed by atoms with E-state index in [0.29, 0.717) is 23.6 Å². The zero-order valence-corrected chi connectivity index (χ0v) is 13.9. The third-order valence-corrected chi connectivity index (χ3v) is 4.44. The zero-order chi connectivity index (χ0) is 17.4. The number of imidazole rings is 1. The Kier molecular flexibility index (Phi) is 4.00. The van der Waals surface area contributed by atoms with Gasteiger partial charge in [0.1, 0.15) is 17.3 Å². The number of aromatic nitrogens is 3. The van der Waals surface area contributed by atoms with Crippen LogP contribution in [0.1, 0.15) is 25.1 Å². The summed E-state index contributed by atoms with van der Waals surface area (Å²) in [5.41, 5.74) is 1.42. The molecule has 0 aromatic carbocycles. The first kappa shape index (κ1) is 16.0. The van der Waals surface area contributed by atoms with Gasteiger partial charge in [-0.05, 0) is 13.8 Å². The Hall–Kier alpha value is -2.84. The maximum absolute atomic E-state index is 12.6. The van der Waals surface area contributed by atoms with Gasteiger partial charge in [0.2, 0.25) is 0 Å². The smallest absolute Gasteiger partial charge is 0.285 e. The molecule has 24 heavy (non-hydrogen) atoms. The average molecular weight is 325 g/mol. The Morgan fingerprint density at radius 1 is 1.42 bits per heavy atom. The summed E-state index contributed by atoms with van der Waals surface area (Å²) in [5, 5.41) is 21.9. The fraction of sp³-hybridized carbons (Fsp3) is 0.500. The normalized spacial score (nSPS) is 20.8. The van der Waals surface area contributed by atoms with Gasteiger partial charge in [-0.3, -0.25) is 4.79 Å². The van der Waals surface area contributed by atoms with Crippen LogP contribution in [0.15, 0.2) is 11.0 Å². The van der Waals surface area contributed by atoms with E-state index in [-0.39, 0.29) is 29.6 Å². The molecular formula is C16H19N7O. The highest BCUT2D eigenvalue weighted by Gasteiger charge is 2.29. The molecule has 0 saturated carbocycles. The van der Waals surface area contributed by atoms with Crippen LogP contribution >= 0.6 is 0 Å². The molecule has 1 aliphatic heterocycles. The average Bonchev–Trinajstić information content (AvgIpc) is 2.97. The van der Waals surface area contributed by atoms with Gasteiger partial charge in [0.05, 0.1) is 24.4 Å². The van der Waals surface area contributed by atoms with E-state index in [9.17, 15) is 10.1 Å². The number of nitrogens with one attached hydrogen (secondary N) is 1. The van der Waals surface area contributed by atoms with Gasteiger partial charge in [-0.15, -0.1) is 0 Å². The number of hydrogen-bond acceptors (Lipinski definition) is 6. The Morgan fingerprint density at radius 3 is 2.83 bits per heavy atom. The number of piperazine rings is 1. The molecule has 124 valence electrons. The second-order valence-corrected chi connectivity index (χ2v) is 6.21. The molecular weight excluding hydrogens is 306 g/mol. The fourth-order valence-corrected chi connectivity index (χ4v) is 3.15. The van der Waals surface area contributed by atoms with E-state index in [1.54, 1.807) is 17.8 Å². The number of hydrogen-bond donors (Lipinski definition) is 1. The van der Waals surface area contributed by atoms with Gasteiger partial charge in [0.15, 0.2) is 5.65 Å². The largest absolute Gasteiger partial charge is 0.362 e. The third-order valence-electron chi connectivity index (χ3n) is 4.44. The van der Waals surface area contributed by atoms with Crippen LogP contribution in [0.4, 0.5) is 5.69 Å². The molecule has 0 spiro atoms. The van der Waals surface area contributed by atoms with Gasteiger partial charge in [-0.2, -0.15) is 10.5 Å². The Morgan fingerprint density at radius 2 is 2.17 bits per heavy atom. The molecule has 0 bridgehead atoms. The minimum absolute atomic E-state index is 0.0973. The van der Waals surface area contributed by atoms with E-state index in [1.165, 1.54) is 4.68 Å². The van der Waals surface area contributed by atoms with Crippen molar-refractivity contribution in [1.82, 2.24) is 19.5 Å². The predicted octanol–water partition coefficient (Wildman–Crippen LogP) is 0.157. The molecule has 3 rings (SSSR count). The molecule has 1 fully saturated rings. The van der Waals surface area contributed by atoms with Crippen LogP contribution in [0.3, 0.4) is 0 Å². The number of nitriles is 2.